The largest absolute Gasteiger partial charge is 0.444 e. The molecule has 0 unspecified atom stereocenters. The smallest absolute Gasteiger partial charge is 0.407 e. The van der Waals surface area contributed by atoms with Crippen LogP contribution in [-0.2, 0) is 9.47 Å². The number of ether oxygens (including phenoxy) is 2. The van der Waals surface area contributed by atoms with Crippen molar-refractivity contribution in [3.8, 4) is 0 Å². The summed E-state index contributed by atoms with van der Waals surface area (Å²) in [6.45, 7) is 5.60. The lowest BCUT2D eigenvalue weighted by atomic mass is 9.89. The Hall–Kier alpha value is -0.810. The van der Waals surface area contributed by atoms with Crippen molar-refractivity contribution in [1.29, 1.82) is 0 Å². The predicted molar refractivity (Wildman–Crippen MR) is 75.5 cm³/mol. The highest BCUT2D eigenvalue weighted by Crippen LogP contribution is 2.29. The van der Waals surface area contributed by atoms with Crippen LogP contribution in [0, 0.1) is 0 Å². The summed E-state index contributed by atoms with van der Waals surface area (Å²) in [6.07, 6.45) is 5.37. The van der Waals surface area contributed by atoms with Gasteiger partial charge in [0.15, 0.2) is 0 Å². The second kappa shape index (κ2) is 6.31. The van der Waals surface area contributed by atoms with Gasteiger partial charge in [-0.05, 0) is 59.3 Å². The minimum absolute atomic E-state index is 0.162. The lowest BCUT2D eigenvalue weighted by Crippen LogP contribution is -2.43. The number of aliphatic hydroxyl groups excluding tert-OH is 1. The summed E-state index contributed by atoms with van der Waals surface area (Å²) in [6, 6.07) is 0.191. The van der Waals surface area contributed by atoms with Gasteiger partial charge in [-0.2, -0.15) is 0 Å². The van der Waals surface area contributed by atoms with Crippen LogP contribution in [0.25, 0.3) is 0 Å². The van der Waals surface area contributed by atoms with E-state index in [1.807, 2.05) is 20.8 Å². The van der Waals surface area contributed by atoms with Gasteiger partial charge in [0, 0.05) is 6.04 Å². The van der Waals surface area contributed by atoms with Crippen LogP contribution >= 0.6 is 0 Å². The van der Waals surface area contributed by atoms with Crippen LogP contribution in [0.1, 0.15) is 59.3 Å². The van der Waals surface area contributed by atoms with E-state index >= 15 is 0 Å². The van der Waals surface area contributed by atoms with E-state index in [-0.39, 0.29) is 30.4 Å². The Morgan fingerprint density at radius 2 is 1.70 bits per heavy atom. The van der Waals surface area contributed by atoms with E-state index in [4.69, 9.17) is 9.47 Å². The Labute approximate surface area is 121 Å². The molecule has 0 heterocycles. The maximum absolute atomic E-state index is 11.7. The number of carbonyl (C=O) groups excluding carboxylic acids is 1. The van der Waals surface area contributed by atoms with E-state index in [2.05, 4.69) is 5.32 Å². The maximum Gasteiger partial charge on any atom is 0.407 e. The summed E-state index contributed by atoms with van der Waals surface area (Å²) in [4.78, 5) is 11.7. The summed E-state index contributed by atoms with van der Waals surface area (Å²) in [5.74, 6) is 0. The molecule has 2 N–H and O–H groups in total. The molecule has 0 bridgehead atoms. The molecule has 116 valence electrons. The average molecular weight is 285 g/mol. The highest BCUT2D eigenvalue weighted by Gasteiger charge is 2.32. The molecule has 2 saturated carbocycles. The number of amides is 1. The molecule has 2 rings (SSSR count). The Morgan fingerprint density at radius 1 is 1.10 bits per heavy atom. The fourth-order valence-electron chi connectivity index (χ4n) is 2.74. The van der Waals surface area contributed by atoms with Crippen molar-refractivity contribution < 1.29 is 19.4 Å². The van der Waals surface area contributed by atoms with Crippen LogP contribution in [0.5, 0.6) is 0 Å². The van der Waals surface area contributed by atoms with E-state index in [9.17, 15) is 9.90 Å². The minimum atomic E-state index is -0.449. The molecule has 0 aliphatic heterocycles. The fraction of sp³-hybridized carbons (Fsp3) is 0.933. The molecule has 0 aromatic carbocycles. The molecule has 5 nitrogen and oxygen atoms in total. The number of carbonyl (C=O) groups is 1. The van der Waals surface area contributed by atoms with E-state index in [0.29, 0.717) is 0 Å². The zero-order chi connectivity index (χ0) is 14.8. The van der Waals surface area contributed by atoms with Gasteiger partial charge in [0.2, 0.25) is 0 Å². The van der Waals surface area contributed by atoms with Gasteiger partial charge in [-0.25, -0.2) is 4.79 Å². The quantitative estimate of drug-likeness (QED) is 0.835. The molecular formula is C15H27NO4. The highest BCUT2D eigenvalue weighted by atomic mass is 16.6. The number of hydrogen-bond donors (Lipinski definition) is 2. The van der Waals surface area contributed by atoms with Crippen molar-refractivity contribution in [1.82, 2.24) is 5.32 Å². The van der Waals surface area contributed by atoms with Crippen LogP contribution in [0.15, 0.2) is 0 Å². The molecule has 2 aliphatic rings. The lowest BCUT2D eigenvalue weighted by molar-refractivity contribution is -0.113. The van der Waals surface area contributed by atoms with Crippen molar-refractivity contribution in [2.45, 2.75) is 89.3 Å². The molecule has 0 atom stereocenters. The van der Waals surface area contributed by atoms with Gasteiger partial charge in [-0.1, -0.05) is 0 Å². The number of alkyl carbamates (subject to hydrolysis) is 1. The van der Waals surface area contributed by atoms with Crippen molar-refractivity contribution in [2.75, 3.05) is 0 Å². The van der Waals surface area contributed by atoms with Gasteiger partial charge in [0.25, 0.3) is 0 Å². The molecule has 20 heavy (non-hydrogen) atoms. The topological polar surface area (TPSA) is 67.8 Å². The molecule has 0 aromatic heterocycles. The van der Waals surface area contributed by atoms with E-state index in [0.717, 1.165) is 38.5 Å². The molecule has 5 heteroatoms. The van der Waals surface area contributed by atoms with Crippen molar-refractivity contribution >= 4 is 6.09 Å². The first-order valence-corrected chi connectivity index (χ1v) is 7.65. The lowest BCUT2D eigenvalue weighted by Gasteiger charge is -2.37. The van der Waals surface area contributed by atoms with E-state index in [1.165, 1.54) is 0 Å². The molecule has 1 amide bonds. The molecular weight excluding hydrogens is 258 g/mol. The molecule has 0 radical (unpaired) electrons. The zero-order valence-corrected chi connectivity index (χ0v) is 12.7. The van der Waals surface area contributed by atoms with Gasteiger partial charge in [-0.3, -0.25) is 0 Å². The number of hydrogen-bond acceptors (Lipinski definition) is 4. The number of nitrogens with one attached hydrogen (secondary N) is 1. The van der Waals surface area contributed by atoms with Crippen LogP contribution in [0.2, 0.25) is 0 Å². The van der Waals surface area contributed by atoms with Gasteiger partial charge in [0.1, 0.15) is 5.60 Å². The average Bonchev–Trinajstić information content (AvgIpc) is 2.27. The Bertz CT molecular complexity index is 325. The third-order valence-electron chi connectivity index (χ3n) is 3.85. The highest BCUT2D eigenvalue weighted by molar-refractivity contribution is 5.68. The third kappa shape index (κ3) is 4.94. The Balaban J connectivity index is 1.63. The normalized spacial score (nSPS) is 34.2. The monoisotopic (exact) mass is 285 g/mol. The summed E-state index contributed by atoms with van der Waals surface area (Å²) in [5.41, 5.74) is -0.449. The van der Waals surface area contributed by atoms with Crippen LogP contribution < -0.4 is 5.32 Å². The standard InChI is InChI=1S/C15H27NO4/c1-15(2,3)20-14(18)16-10-4-6-12(7-5-10)19-13-8-11(17)9-13/h10-13,17H,4-9H2,1-3H3,(H,16,18)/t10?,11-,12?,13+. The van der Waals surface area contributed by atoms with Crippen molar-refractivity contribution in [2.24, 2.45) is 0 Å². The first-order valence-electron chi connectivity index (χ1n) is 7.65. The third-order valence-corrected chi connectivity index (χ3v) is 3.85. The maximum atomic E-state index is 11.7. The van der Waals surface area contributed by atoms with Crippen molar-refractivity contribution in [3.63, 3.8) is 0 Å². The molecule has 2 aliphatic carbocycles. The Kier molecular flexibility index (Phi) is 4.91. The summed E-state index contributed by atoms with van der Waals surface area (Å²) < 4.78 is 11.2. The first kappa shape index (κ1) is 15.6. The second-order valence-electron chi connectivity index (χ2n) is 7.00. The van der Waals surface area contributed by atoms with Gasteiger partial charge in [-0.15, -0.1) is 0 Å². The van der Waals surface area contributed by atoms with Gasteiger partial charge < -0.3 is 19.9 Å². The SMILES string of the molecule is CC(C)(C)OC(=O)NC1CCC(O[C@H]2C[C@@H](O)C2)CC1. The first-order chi connectivity index (χ1) is 9.32. The van der Waals surface area contributed by atoms with Gasteiger partial charge in [0.05, 0.1) is 18.3 Å². The molecule has 0 saturated heterocycles. The Morgan fingerprint density at radius 3 is 2.20 bits per heavy atom. The molecule has 2 fully saturated rings. The summed E-state index contributed by atoms with van der Waals surface area (Å²) in [7, 11) is 0. The number of aliphatic hydroxyl groups is 1. The number of rotatable bonds is 3. The van der Waals surface area contributed by atoms with Gasteiger partial charge >= 0.3 is 6.09 Å². The minimum Gasteiger partial charge on any atom is -0.444 e. The predicted octanol–water partition coefficient (Wildman–Crippen LogP) is 2.36. The molecule has 0 aromatic rings. The zero-order valence-electron chi connectivity index (χ0n) is 12.7. The van der Waals surface area contributed by atoms with Crippen LogP contribution in [0.4, 0.5) is 4.79 Å². The van der Waals surface area contributed by atoms with Crippen molar-refractivity contribution in [3.05, 3.63) is 0 Å². The summed E-state index contributed by atoms with van der Waals surface area (Å²) >= 11 is 0. The van der Waals surface area contributed by atoms with E-state index < -0.39 is 5.60 Å². The summed E-state index contributed by atoms with van der Waals surface area (Å²) in [5, 5.41) is 12.2. The fourth-order valence-corrected chi connectivity index (χ4v) is 2.74. The van der Waals surface area contributed by atoms with E-state index in [1.54, 1.807) is 0 Å². The van der Waals surface area contributed by atoms with Crippen LogP contribution in [0.3, 0.4) is 0 Å². The second-order valence-corrected chi connectivity index (χ2v) is 7.00. The van der Waals surface area contributed by atoms with Crippen LogP contribution in [-0.4, -0.2) is 41.2 Å². The molecule has 0 spiro atoms.